The number of ether oxygens (including phenoxy) is 2. The van der Waals surface area contributed by atoms with Gasteiger partial charge in [0, 0.05) is 32.7 Å². The van der Waals surface area contributed by atoms with E-state index in [1.807, 2.05) is 36.4 Å². The topological polar surface area (TPSA) is 91.3 Å². The van der Waals surface area contributed by atoms with Crippen LogP contribution in [0.5, 0.6) is 11.5 Å². The molecule has 2 unspecified atom stereocenters. The van der Waals surface area contributed by atoms with Crippen LogP contribution in [0.25, 0.3) is 0 Å². The zero-order valence-corrected chi connectivity index (χ0v) is 22.3. The summed E-state index contributed by atoms with van der Waals surface area (Å²) in [4.78, 5) is 0. The molecule has 2 atom stereocenters. The standard InChI is InChI=1S/C27H39N3O5S/c1-29(2)36(32,33)30(18-20-7-11-24(34-3)12-8-20)27-15-16-28-26(27)19-35-25-13-9-21(10-14-25)22-5-4-6-23(31)17-22/h4-8,11-12,17,21,25-28,31H,9-10,13-16,18-19H2,1-3H3. The molecule has 8 nitrogen and oxygen atoms in total. The second-order valence-corrected chi connectivity index (χ2v) is 12.1. The summed E-state index contributed by atoms with van der Waals surface area (Å²) in [6.07, 6.45) is 4.87. The van der Waals surface area contributed by atoms with Crippen LogP contribution in [0.2, 0.25) is 0 Å². The first-order valence-corrected chi connectivity index (χ1v) is 14.1. The number of phenolic OH excluding ortho intramolecular Hbond substituents is 1. The van der Waals surface area contributed by atoms with E-state index in [0.29, 0.717) is 24.8 Å². The Balaban J connectivity index is 1.38. The number of aromatic hydroxyl groups is 1. The van der Waals surface area contributed by atoms with Crippen LogP contribution in [0.4, 0.5) is 0 Å². The zero-order chi connectivity index (χ0) is 25.7. The summed E-state index contributed by atoms with van der Waals surface area (Å²) in [5.41, 5.74) is 2.10. The second-order valence-electron chi connectivity index (χ2n) is 10.0. The Kier molecular flexibility index (Phi) is 8.90. The highest BCUT2D eigenvalue weighted by atomic mass is 32.2. The Labute approximate surface area is 215 Å². The highest BCUT2D eigenvalue weighted by Crippen LogP contribution is 2.35. The fourth-order valence-electron chi connectivity index (χ4n) is 5.34. The molecule has 1 aliphatic heterocycles. The SMILES string of the molecule is COc1ccc(CN(C2CCNC2COC2CCC(c3cccc(O)c3)CC2)S(=O)(=O)N(C)C)cc1. The number of hydrogen-bond acceptors (Lipinski definition) is 6. The third kappa shape index (κ3) is 6.39. The summed E-state index contributed by atoms with van der Waals surface area (Å²) >= 11 is 0. The van der Waals surface area contributed by atoms with E-state index in [4.69, 9.17) is 9.47 Å². The van der Waals surface area contributed by atoms with Crippen molar-refractivity contribution in [1.29, 1.82) is 0 Å². The monoisotopic (exact) mass is 517 g/mol. The quantitative estimate of drug-likeness (QED) is 0.502. The fourth-order valence-corrected chi connectivity index (χ4v) is 6.67. The smallest absolute Gasteiger partial charge is 0.282 e. The lowest BCUT2D eigenvalue weighted by atomic mass is 9.82. The van der Waals surface area contributed by atoms with Crippen molar-refractivity contribution < 1.29 is 23.0 Å². The van der Waals surface area contributed by atoms with Crippen LogP contribution >= 0.6 is 0 Å². The molecule has 1 saturated heterocycles. The van der Waals surface area contributed by atoms with Gasteiger partial charge in [-0.25, -0.2) is 0 Å². The predicted octanol–water partition coefficient (Wildman–Crippen LogP) is 3.48. The van der Waals surface area contributed by atoms with Gasteiger partial charge >= 0.3 is 0 Å². The van der Waals surface area contributed by atoms with Gasteiger partial charge in [-0.3, -0.25) is 0 Å². The third-order valence-corrected chi connectivity index (χ3v) is 9.38. The number of nitrogens with one attached hydrogen (secondary N) is 1. The Morgan fingerprint density at radius 2 is 1.75 bits per heavy atom. The summed E-state index contributed by atoms with van der Waals surface area (Å²) in [5.74, 6) is 1.50. The molecular weight excluding hydrogens is 478 g/mol. The van der Waals surface area contributed by atoms with Crippen molar-refractivity contribution in [3.8, 4) is 11.5 Å². The number of methoxy groups -OCH3 is 1. The molecule has 0 amide bonds. The molecule has 0 aromatic heterocycles. The minimum Gasteiger partial charge on any atom is -0.508 e. The normalized spacial score (nSPS) is 24.9. The number of rotatable bonds is 10. The molecule has 2 N–H and O–H groups in total. The summed E-state index contributed by atoms with van der Waals surface area (Å²) in [5, 5.41) is 13.3. The first-order chi connectivity index (χ1) is 17.3. The van der Waals surface area contributed by atoms with Crippen molar-refractivity contribution >= 4 is 10.2 Å². The van der Waals surface area contributed by atoms with E-state index >= 15 is 0 Å². The van der Waals surface area contributed by atoms with Crippen molar-refractivity contribution in [2.45, 2.75) is 62.8 Å². The maximum atomic E-state index is 13.3. The summed E-state index contributed by atoms with van der Waals surface area (Å²) in [6.45, 7) is 1.53. The number of benzene rings is 2. The summed E-state index contributed by atoms with van der Waals surface area (Å²) < 4.78 is 41.2. The Morgan fingerprint density at radius 1 is 1.03 bits per heavy atom. The van der Waals surface area contributed by atoms with Crippen molar-refractivity contribution in [3.05, 3.63) is 59.7 Å². The van der Waals surface area contributed by atoms with E-state index in [9.17, 15) is 13.5 Å². The van der Waals surface area contributed by atoms with E-state index in [-0.39, 0.29) is 18.2 Å². The molecule has 9 heteroatoms. The molecule has 2 aromatic rings. The molecule has 4 rings (SSSR count). The van der Waals surface area contributed by atoms with Crippen molar-refractivity contribution in [3.63, 3.8) is 0 Å². The second kappa shape index (κ2) is 11.9. The minimum absolute atomic E-state index is 0.0678. The lowest BCUT2D eigenvalue weighted by molar-refractivity contribution is 0.00779. The molecule has 0 bridgehead atoms. The maximum Gasteiger partial charge on any atom is 0.282 e. The third-order valence-electron chi connectivity index (χ3n) is 7.46. The molecule has 2 aliphatic rings. The zero-order valence-electron chi connectivity index (χ0n) is 21.5. The van der Waals surface area contributed by atoms with Gasteiger partial charge < -0.3 is 19.9 Å². The van der Waals surface area contributed by atoms with Gasteiger partial charge in [0.05, 0.1) is 19.8 Å². The number of phenols is 1. The van der Waals surface area contributed by atoms with Gasteiger partial charge in [0.2, 0.25) is 0 Å². The minimum atomic E-state index is -3.63. The van der Waals surface area contributed by atoms with Gasteiger partial charge in [-0.1, -0.05) is 24.3 Å². The van der Waals surface area contributed by atoms with Crippen molar-refractivity contribution in [2.24, 2.45) is 0 Å². The molecule has 36 heavy (non-hydrogen) atoms. The Hall–Kier alpha value is -2.17. The molecule has 198 valence electrons. The van der Waals surface area contributed by atoms with E-state index in [2.05, 4.69) is 11.4 Å². The van der Waals surface area contributed by atoms with Crippen LogP contribution in [0.1, 0.15) is 49.1 Å². The van der Waals surface area contributed by atoms with Gasteiger partial charge in [-0.2, -0.15) is 17.0 Å². The predicted molar refractivity (Wildman–Crippen MR) is 140 cm³/mol. The fraction of sp³-hybridized carbons (Fsp3) is 0.556. The van der Waals surface area contributed by atoms with E-state index < -0.39 is 10.2 Å². The van der Waals surface area contributed by atoms with Gasteiger partial charge in [-0.05, 0) is 80.0 Å². The average molecular weight is 518 g/mol. The molecule has 2 fully saturated rings. The number of nitrogens with zero attached hydrogens (tertiary/aromatic N) is 2. The summed E-state index contributed by atoms with van der Waals surface area (Å²) in [6, 6.07) is 14.8. The van der Waals surface area contributed by atoms with Crippen LogP contribution in [-0.2, 0) is 21.5 Å². The molecule has 1 aliphatic carbocycles. The summed E-state index contributed by atoms with van der Waals surface area (Å²) in [7, 11) is 1.14. The first kappa shape index (κ1) is 26.9. The first-order valence-electron chi connectivity index (χ1n) is 12.7. The average Bonchev–Trinajstić information content (AvgIpc) is 3.34. The molecule has 1 saturated carbocycles. The largest absolute Gasteiger partial charge is 0.508 e. The molecule has 0 spiro atoms. The van der Waals surface area contributed by atoms with Gasteiger partial charge in [0.1, 0.15) is 11.5 Å². The lowest BCUT2D eigenvalue weighted by Crippen LogP contribution is -2.51. The van der Waals surface area contributed by atoms with E-state index in [1.165, 1.54) is 9.87 Å². The molecule has 2 aromatic carbocycles. The highest BCUT2D eigenvalue weighted by Gasteiger charge is 2.40. The van der Waals surface area contributed by atoms with Crippen LogP contribution in [0.3, 0.4) is 0 Å². The Bertz CT molecular complexity index is 1080. The molecule has 0 radical (unpaired) electrons. The van der Waals surface area contributed by atoms with E-state index in [1.54, 1.807) is 31.6 Å². The van der Waals surface area contributed by atoms with Gasteiger partial charge in [-0.15, -0.1) is 0 Å². The highest BCUT2D eigenvalue weighted by molar-refractivity contribution is 7.86. The van der Waals surface area contributed by atoms with Crippen LogP contribution < -0.4 is 10.1 Å². The van der Waals surface area contributed by atoms with Gasteiger partial charge in [0.15, 0.2) is 0 Å². The maximum absolute atomic E-state index is 13.3. The molecule has 1 heterocycles. The number of hydrogen-bond donors (Lipinski definition) is 2. The van der Waals surface area contributed by atoms with Crippen molar-refractivity contribution in [1.82, 2.24) is 13.9 Å². The Morgan fingerprint density at radius 3 is 2.39 bits per heavy atom. The van der Waals surface area contributed by atoms with Crippen LogP contribution in [0.15, 0.2) is 48.5 Å². The van der Waals surface area contributed by atoms with Crippen molar-refractivity contribution in [2.75, 3.05) is 34.4 Å². The lowest BCUT2D eigenvalue weighted by Gasteiger charge is -2.35. The van der Waals surface area contributed by atoms with Gasteiger partial charge in [0.25, 0.3) is 10.2 Å². The van der Waals surface area contributed by atoms with Crippen LogP contribution in [-0.4, -0.2) is 74.7 Å². The van der Waals surface area contributed by atoms with Crippen LogP contribution in [0, 0.1) is 0 Å². The van der Waals surface area contributed by atoms with E-state index in [0.717, 1.165) is 50.0 Å². The molecular formula is C27H39N3O5S.